The van der Waals surface area contributed by atoms with Gasteiger partial charge in [-0.3, -0.25) is 0 Å². The van der Waals surface area contributed by atoms with E-state index in [2.05, 4.69) is 0 Å². The fraction of sp³-hybridized carbons (Fsp3) is 0.857. The summed E-state index contributed by atoms with van der Waals surface area (Å²) in [5, 5.41) is 17.9. The molecule has 3 unspecified atom stereocenters. The standard InChI is InChI=1S/C7H11FO4/c1-4-7(11,2-3-12-4)5(8)6(9)10/h4-5,11H,2-3H2,1H3,(H,9,10). The zero-order chi connectivity index (χ0) is 9.35. The Kier molecular flexibility index (Phi) is 2.34. The van der Waals surface area contributed by atoms with E-state index < -0.39 is 23.8 Å². The molecule has 1 aliphatic heterocycles. The van der Waals surface area contributed by atoms with Crippen molar-refractivity contribution in [1.29, 1.82) is 0 Å². The van der Waals surface area contributed by atoms with Crippen LogP contribution in [0.5, 0.6) is 0 Å². The van der Waals surface area contributed by atoms with Gasteiger partial charge in [-0.2, -0.15) is 0 Å². The van der Waals surface area contributed by atoms with Crippen LogP contribution in [0.1, 0.15) is 13.3 Å². The van der Waals surface area contributed by atoms with E-state index in [1.807, 2.05) is 0 Å². The topological polar surface area (TPSA) is 66.8 Å². The zero-order valence-corrected chi connectivity index (χ0v) is 6.66. The third-order valence-electron chi connectivity index (χ3n) is 2.23. The van der Waals surface area contributed by atoms with Crippen LogP contribution in [0.3, 0.4) is 0 Å². The lowest BCUT2D eigenvalue weighted by Gasteiger charge is -2.26. The molecule has 0 spiro atoms. The van der Waals surface area contributed by atoms with E-state index in [9.17, 15) is 14.3 Å². The van der Waals surface area contributed by atoms with Gasteiger partial charge in [-0.1, -0.05) is 0 Å². The lowest BCUT2D eigenvalue weighted by Crippen LogP contribution is -2.49. The van der Waals surface area contributed by atoms with Crippen LogP contribution in [0.25, 0.3) is 0 Å². The number of carbonyl (C=O) groups is 1. The summed E-state index contributed by atoms with van der Waals surface area (Å²) in [7, 11) is 0. The quantitative estimate of drug-likeness (QED) is 0.622. The van der Waals surface area contributed by atoms with Gasteiger partial charge >= 0.3 is 5.97 Å². The van der Waals surface area contributed by atoms with Crippen LogP contribution in [0.2, 0.25) is 0 Å². The van der Waals surface area contributed by atoms with Crippen LogP contribution >= 0.6 is 0 Å². The second kappa shape index (κ2) is 2.99. The second-order valence-electron chi connectivity index (χ2n) is 2.96. The Bertz CT molecular complexity index is 196. The van der Waals surface area contributed by atoms with Gasteiger partial charge in [0.1, 0.15) is 5.60 Å². The average Bonchev–Trinajstić information content (AvgIpc) is 2.32. The first-order valence-electron chi connectivity index (χ1n) is 3.69. The van der Waals surface area contributed by atoms with Crippen molar-refractivity contribution >= 4 is 5.97 Å². The van der Waals surface area contributed by atoms with E-state index in [1.165, 1.54) is 6.92 Å². The molecule has 5 heteroatoms. The van der Waals surface area contributed by atoms with Crippen molar-refractivity contribution in [3.05, 3.63) is 0 Å². The highest BCUT2D eigenvalue weighted by atomic mass is 19.1. The molecule has 4 nitrogen and oxygen atoms in total. The Labute approximate surface area is 69.0 Å². The predicted octanol–water partition coefficient (Wildman–Crippen LogP) is -0.0510. The number of alkyl halides is 1. The molecule has 0 aliphatic carbocycles. The molecule has 0 aromatic carbocycles. The van der Waals surface area contributed by atoms with Crippen molar-refractivity contribution in [2.45, 2.75) is 31.2 Å². The molecular weight excluding hydrogens is 167 g/mol. The minimum atomic E-state index is -2.27. The first kappa shape index (κ1) is 9.41. The molecule has 0 amide bonds. The lowest BCUT2D eigenvalue weighted by molar-refractivity contribution is -0.158. The van der Waals surface area contributed by atoms with E-state index in [0.29, 0.717) is 0 Å². The molecule has 0 saturated carbocycles. The van der Waals surface area contributed by atoms with Gasteiger partial charge in [-0.05, 0) is 6.92 Å². The molecule has 3 atom stereocenters. The fourth-order valence-electron chi connectivity index (χ4n) is 1.29. The highest BCUT2D eigenvalue weighted by Gasteiger charge is 2.50. The van der Waals surface area contributed by atoms with Gasteiger partial charge in [-0.15, -0.1) is 0 Å². The molecule has 2 N–H and O–H groups in total. The number of ether oxygens (including phenoxy) is 1. The number of hydrogen-bond donors (Lipinski definition) is 2. The molecule has 1 heterocycles. The summed E-state index contributed by atoms with van der Waals surface area (Å²) in [5.74, 6) is -1.64. The molecule has 1 fully saturated rings. The Morgan fingerprint density at radius 1 is 1.83 bits per heavy atom. The predicted molar refractivity (Wildman–Crippen MR) is 37.5 cm³/mol. The van der Waals surface area contributed by atoms with Crippen molar-refractivity contribution in [1.82, 2.24) is 0 Å². The molecule has 1 aliphatic rings. The molecule has 0 aromatic rings. The number of rotatable bonds is 2. The first-order valence-corrected chi connectivity index (χ1v) is 3.69. The molecule has 1 rings (SSSR count). The van der Waals surface area contributed by atoms with Crippen molar-refractivity contribution < 1.29 is 24.1 Å². The second-order valence-corrected chi connectivity index (χ2v) is 2.96. The monoisotopic (exact) mass is 178 g/mol. The number of aliphatic hydroxyl groups is 1. The van der Waals surface area contributed by atoms with Gasteiger partial charge < -0.3 is 14.9 Å². The maximum absolute atomic E-state index is 12.9. The third kappa shape index (κ3) is 1.30. The Morgan fingerprint density at radius 3 is 2.75 bits per heavy atom. The number of carboxylic acids is 1. The fourth-order valence-corrected chi connectivity index (χ4v) is 1.29. The molecule has 0 radical (unpaired) electrons. The average molecular weight is 178 g/mol. The van der Waals surface area contributed by atoms with Gasteiger partial charge in [0, 0.05) is 6.42 Å². The minimum absolute atomic E-state index is 0.0294. The summed E-state index contributed by atoms with van der Waals surface area (Å²) in [5.41, 5.74) is -1.86. The van der Waals surface area contributed by atoms with Gasteiger partial charge in [0.05, 0.1) is 12.7 Å². The van der Waals surface area contributed by atoms with Crippen LogP contribution in [-0.4, -0.2) is 40.7 Å². The van der Waals surface area contributed by atoms with Gasteiger partial charge in [-0.25, -0.2) is 9.18 Å². The Hall–Kier alpha value is -0.680. The van der Waals surface area contributed by atoms with E-state index in [0.717, 1.165) is 0 Å². The summed E-state index contributed by atoms with van der Waals surface area (Å²) in [6.07, 6.45) is -3.00. The first-order chi connectivity index (χ1) is 5.48. The summed E-state index contributed by atoms with van der Waals surface area (Å²) in [6, 6.07) is 0. The van der Waals surface area contributed by atoms with Crippen LogP contribution in [-0.2, 0) is 9.53 Å². The third-order valence-corrected chi connectivity index (χ3v) is 2.23. The minimum Gasteiger partial charge on any atom is -0.479 e. The van der Waals surface area contributed by atoms with Crippen LogP contribution in [0.4, 0.5) is 4.39 Å². The van der Waals surface area contributed by atoms with E-state index in [-0.39, 0.29) is 13.0 Å². The number of aliphatic carboxylic acids is 1. The van der Waals surface area contributed by atoms with Gasteiger partial charge in [0.2, 0.25) is 6.17 Å². The molecule has 0 aromatic heterocycles. The zero-order valence-electron chi connectivity index (χ0n) is 6.66. The Balaban J connectivity index is 2.76. The molecule has 12 heavy (non-hydrogen) atoms. The van der Waals surface area contributed by atoms with Crippen LogP contribution in [0.15, 0.2) is 0 Å². The van der Waals surface area contributed by atoms with Crippen molar-refractivity contribution in [3.8, 4) is 0 Å². The number of halogens is 1. The molecule has 1 saturated heterocycles. The lowest BCUT2D eigenvalue weighted by atomic mass is 9.91. The maximum Gasteiger partial charge on any atom is 0.341 e. The number of hydrogen-bond acceptors (Lipinski definition) is 3. The normalized spacial score (nSPS) is 38.1. The van der Waals surface area contributed by atoms with Gasteiger partial charge in [0.25, 0.3) is 0 Å². The van der Waals surface area contributed by atoms with Gasteiger partial charge in [0.15, 0.2) is 0 Å². The summed E-state index contributed by atoms with van der Waals surface area (Å²) < 4.78 is 17.8. The summed E-state index contributed by atoms with van der Waals surface area (Å²) in [6.45, 7) is 1.66. The number of carboxylic acid groups (broad SMARTS) is 1. The summed E-state index contributed by atoms with van der Waals surface area (Å²) >= 11 is 0. The maximum atomic E-state index is 12.9. The highest BCUT2D eigenvalue weighted by molar-refractivity contribution is 5.74. The Morgan fingerprint density at radius 2 is 2.42 bits per heavy atom. The largest absolute Gasteiger partial charge is 0.479 e. The van der Waals surface area contributed by atoms with E-state index in [1.54, 1.807) is 0 Å². The van der Waals surface area contributed by atoms with E-state index in [4.69, 9.17) is 9.84 Å². The molecule has 0 bridgehead atoms. The smallest absolute Gasteiger partial charge is 0.341 e. The highest BCUT2D eigenvalue weighted by Crippen LogP contribution is 2.30. The SMILES string of the molecule is CC1OCCC1(O)C(F)C(=O)O. The van der Waals surface area contributed by atoms with Crippen molar-refractivity contribution in [3.63, 3.8) is 0 Å². The van der Waals surface area contributed by atoms with Crippen molar-refractivity contribution in [2.24, 2.45) is 0 Å². The van der Waals surface area contributed by atoms with E-state index >= 15 is 0 Å². The molecule has 70 valence electrons. The summed E-state index contributed by atoms with van der Waals surface area (Å²) in [4.78, 5) is 10.2. The molecular formula is C7H11FO4. The van der Waals surface area contributed by atoms with Crippen molar-refractivity contribution in [2.75, 3.05) is 6.61 Å². The van der Waals surface area contributed by atoms with Crippen LogP contribution < -0.4 is 0 Å². The van der Waals surface area contributed by atoms with Crippen LogP contribution in [0, 0.1) is 0 Å².